The number of carbonyl (C=O) groups is 1. The van der Waals surface area contributed by atoms with E-state index in [1.54, 1.807) is 24.7 Å². The summed E-state index contributed by atoms with van der Waals surface area (Å²) in [5, 5.41) is 5.47. The number of fused-ring (bicyclic) bond motifs is 1. The standard InChI is InChI=1S/C27H29F3N6O/c1-35(2)15-4-3-13-31-23-12-9-20(17-22(23)27(28,29)30)34-25(37)16-19-7-10-21(11-8-19)36-18-33-24-6-5-14-32-26(24)36/h5-12,14,17-18,31H,3-4,13,15-16H2,1-2H3,(H,34,37). The summed E-state index contributed by atoms with van der Waals surface area (Å²) < 4.78 is 42.9. The predicted octanol–water partition coefficient (Wildman–Crippen LogP) is 5.37. The first kappa shape index (κ1) is 26.2. The highest BCUT2D eigenvalue weighted by molar-refractivity contribution is 5.92. The molecule has 0 spiro atoms. The van der Waals surface area contributed by atoms with Crippen LogP contribution in [0.4, 0.5) is 24.5 Å². The van der Waals surface area contributed by atoms with Gasteiger partial charge in [0.1, 0.15) is 11.8 Å². The van der Waals surface area contributed by atoms with Crippen molar-refractivity contribution in [3.05, 3.63) is 78.2 Å². The zero-order valence-electron chi connectivity index (χ0n) is 20.7. The van der Waals surface area contributed by atoms with Gasteiger partial charge in [0.05, 0.1) is 12.0 Å². The Bertz CT molecular complexity index is 1350. The molecule has 0 aliphatic rings. The zero-order valence-corrected chi connectivity index (χ0v) is 20.7. The van der Waals surface area contributed by atoms with Crippen LogP contribution in [-0.4, -0.2) is 52.5 Å². The van der Waals surface area contributed by atoms with Crippen molar-refractivity contribution in [3.8, 4) is 5.69 Å². The molecule has 0 saturated heterocycles. The number of aromatic nitrogens is 3. The van der Waals surface area contributed by atoms with Gasteiger partial charge in [0, 0.05) is 29.8 Å². The van der Waals surface area contributed by atoms with Crippen LogP contribution in [0.2, 0.25) is 0 Å². The highest BCUT2D eigenvalue weighted by atomic mass is 19.4. The molecular weight excluding hydrogens is 481 g/mol. The van der Waals surface area contributed by atoms with Gasteiger partial charge in [-0.1, -0.05) is 12.1 Å². The third kappa shape index (κ3) is 6.85. The fourth-order valence-electron chi connectivity index (χ4n) is 3.99. The molecular formula is C27H29F3N6O. The first-order valence-corrected chi connectivity index (χ1v) is 12.0. The second-order valence-corrected chi connectivity index (χ2v) is 9.05. The molecule has 0 atom stereocenters. The van der Waals surface area contributed by atoms with E-state index < -0.39 is 17.6 Å². The number of halogens is 3. The van der Waals surface area contributed by atoms with Gasteiger partial charge >= 0.3 is 6.18 Å². The maximum absolute atomic E-state index is 13.7. The summed E-state index contributed by atoms with van der Waals surface area (Å²) >= 11 is 0. The maximum Gasteiger partial charge on any atom is 0.418 e. The minimum Gasteiger partial charge on any atom is -0.385 e. The Morgan fingerprint density at radius 2 is 1.81 bits per heavy atom. The molecule has 2 aromatic heterocycles. The Hall–Kier alpha value is -3.92. The smallest absolute Gasteiger partial charge is 0.385 e. The first-order chi connectivity index (χ1) is 17.7. The van der Waals surface area contributed by atoms with Gasteiger partial charge in [-0.3, -0.25) is 9.36 Å². The highest BCUT2D eigenvalue weighted by Gasteiger charge is 2.34. The molecule has 0 radical (unpaired) electrons. The number of rotatable bonds is 10. The van der Waals surface area contributed by atoms with Gasteiger partial charge in [0.2, 0.25) is 5.91 Å². The summed E-state index contributed by atoms with van der Waals surface area (Å²) in [7, 11) is 3.91. The second kappa shape index (κ2) is 11.4. The zero-order chi connectivity index (χ0) is 26.4. The van der Waals surface area contributed by atoms with Crippen molar-refractivity contribution in [3.63, 3.8) is 0 Å². The third-order valence-corrected chi connectivity index (χ3v) is 5.84. The molecule has 10 heteroatoms. The van der Waals surface area contributed by atoms with Gasteiger partial charge in [0.25, 0.3) is 0 Å². The molecule has 4 aromatic rings. The van der Waals surface area contributed by atoms with Crippen molar-refractivity contribution in [2.75, 3.05) is 37.8 Å². The Balaban J connectivity index is 1.38. The fourth-order valence-corrected chi connectivity index (χ4v) is 3.99. The van der Waals surface area contributed by atoms with Crippen molar-refractivity contribution < 1.29 is 18.0 Å². The first-order valence-electron chi connectivity index (χ1n) is 12.0. The lowest BCUT2D eigenvalue weighted by atomic mass is 10.1. The number of anilines is 2. The number of nitrogens with zero attached hydrogens (tertiary/aromatic N) is 4. The lowest BCUT2D eigenvalue weighted by Gasteiger charge is -2.17. The lowest BCUT2D eigenvalue weighted by Crippen LogP contribution is -2.17. The minimum atomic E-state index is -4.55. The number of nitrogens with one attached hydrogen (secondary N) is 2. The largest absolute Gasteiger partial charge is 0.418 e. The molecule has 2 aromatic carbocycles. The Labute approximate surface area is 213 Å². The molecule has 37 heavy (non-hydrogen) atoms. The van der Waals surface area contributed by atoms with E-state index in [1.807, 2.05) is 47.8 Å². The Morgan fingerprint density at radius 1 is 1.03 bits per heavy atom. The van der Waals surface area contributed by atoms with Gasteiger partial charge in [-0.25, -0.2) is 9.97 Å². The fraction of sp³-hybridized carbons (Fsp3) is 0.296. The number of imidazole rings is 1. The second-order valence-electron chi connectivity index (χ2n) is 9.05. The van der Waals surface area contributed by atoms with Crippen molar-refractivity contribution >= 4 is 28.4 Å². The van der Waals surface area contributed by atoms with Gasteiger partial charge < -0.3 is 15.5 Å². The quantitative estimate of drug-likeness (QED) is 0.281. The molecule has 194 valence electrons. The van der Waals surface area contributed by atoms with E-state index in [9.17, 15) is 18.0 Å². The summed E-state index contributed by atoms with van der Waals surface area (Å²) in [6, 6.07) is 14.8. The molecule has 0 unspecified atom stereocenters. The van der Waals surface area contributed by atoms with E-state index in [1.165, 1.54) is 12.1 Å². The van der Waals surface area contributed by atoms with Crippen LogP contribution in [0.15, 0.2) is 67.1 Å². The SMILES string of the molecule is CN(C)CCCCNc1ccc(NC(=O)Cc2ccc(-n3cnc4cccnc43)cc2)cc1C(F)(F)F. The number of alkyl halides is 3. The van der Waals surface area contributed by atoms with E-state index in [0.29, 0.717) is 6.54 Å². The van der Waals surface area contributed by atoms with Crippen LogP contribution in [-0.2, 0) is 17.4 Å². The predicted molar refractivity (Wildman–Crippen MR) is 139 cm³/mol. The lowest BCUT2D eigenvalue weighted by molar-refractivity contribution is -0.137. The van der Waals surface area contributed by atoms with E-state index >= 15 is 0 Å². The Morgan fingerprint density at radius 3 is 2.54 bits per heavy atom. The number of pyridine rings is 1. The van der Waals surface area contributed by atoms with Crippen LogP contribution in [0.25, 0.3) is 16.9 Å². The molecule has 0 saturated carbocycles. The monoisotopic (exact) mass is 510 g/mol. The molecule has 0 fully saturated rings. The minimum absolute atomic E-state index is 0.00690. The number of hydrogen-bond donors (Lipinski definition) is 2. The molecule has 7 nitrogen and oxygen atoms in total. The van der Waals surface area contributed by atoms with E-state index in [0.717, 1.165) is 47.9 Å². The summed E-state index contributed by atoms with van der Waals surface area (Å²) in [4.78, 5) is 23.3. The van der Waals surface area contributed by atoms with E-state index in [-0.39, 0.29) is 17.8 Å². The maximum atomic E-state index is 13.7. The van der Waals surface area contributed by atoms with Gasteiger partial charge in [0.15, 0.2) is 5.65 Å². The van der Waals surface area contributed by atoms with Crippen molar-refractivity contribution in [2.45, 2.75) is 25.4 Å². The molecule has 1 amide bonds. The average Bonchev–Trinajstić information content (AvgIpc) is 3.28. The summed E-state index contributed by atoms with van der Waals surface area (Å²) in [5.74, 6) is -0.403. The molecule has 0 aliphatic carbocycles. The molecule has 2 heterocycles. The number of benzene rings is 2. The Kier molecular flexibility index (Phi) is 8.08. The summed E-state index contributed by atoms with van der Waals surface area (Å²) in [5.41, 5.74) is 2.37. The van der Waals surface area contributed by atoms with Gasteiger partial charge in [-0.15, -0.1) is 0 Å². The normalized spacial score (nSPS) is 11.7. The van der Waals surface area contributed by atoms with Gasteiger partial charge in [-0.05, 0) is 81.5 Å². The summed E-state index contributed by atoms with van der Waals surface area (Å²) in [6.07, 6.45) is 0.482. The average molecular weight is 511 g/mol. The molecule has 4 rings (SSSR count). The number of amides is 1. The van der Waals surface area contributed by atoms with Crippen LogP contribution in [0.1, 0.15) is 24.0 Å². The van der Waals surface area contributed by atoms with E-state index in [2.05, 4.69) is 20.6 Å². The van der Waals surface area contributed by atoms with Crippen molar-refractivity contribution in [1.29, 1.82) is 0 Å². The third-order valence-electron chi connectivity index (χ3n) is 5.84. The summed E-state index contributed by atoms with van der Waals surface area (Å²) in [6.45, 7) is 1.31. The highest BCUT2D eigenvalue weighted by Crippen LogP contribution is 2.36. The van der Waals surface area contributed by atoms with E-state index in [4.69, 9.17) is 0 Å². The van der Waals surface area contributed by atoms with Crippen LogP contribution in [0.5, 0.6) is 0 Å². The van der Waals surface area contributed by atoms with Crippen LogP contribution < -0.4 is 10.6 Å². The number of hydrogen-bond acceptors (Lipinski definition) is 5. The van der Waals surface area contributed by atoms with Crippen LogP contribution in [0, 0.1) is 0 Å². The molecule has 2 N–H and O–H groups in total. The van der Waals surface area contributed by atoms with Crippen molar-refractivity contribution in [1.82, 2.24) is 19.4 Å². The number of carbonyl (C=O) groups excluding carboxylic acids is 1. The molecule has 0 bridgehead atoms. The van der Waals surface area contributed by atoms with Crippen LogP contribution in [0.3, 0.4) is 0 Å². The molecule has 0 aliphatic heterocycles. The van der Waals surface area contributed by atoms with Crippen molar-refractivity contribution in [2.24, 2.45) is 0 Å². The van der Waals surface area contributed by atoms with Crippen LogP contribution >= 0.6 is 0 Å². The topological polar surface area (TPSA) is 75.1 Å². The van der Waals surface area contributed by atoms with Gasteiger partial charge in [-0.2, -0.15) is 13.2 Å². The number of unbranched alkanes of at least 4 members (excludes halogenated alkanes) is 1.